The number of hydrogen-bond donors (Lipinski definition) is 1. The molecule has 182 valence electrons. The highest BCUT2D eigenvalue weighted by atomic mass is 32.2. The molecule has 1 N–H and O–H groups in total. The zero-order chi connectivity index (χ0) is 23.9. The Hall–Kier alpha value is -1.43. The Morgan fingerprint density at radius 3 is 2.16 bits per heavy atom. The van der Waals surface area contributed by atoms with Crippen molar-refractivity contribution in [2.24, 2.45) is 5.41 Å². The second-order valence-electron chi connectivity index (χ2n) is 9.98. The fraction of sp³-hybridized carbons (Fsp3) is 0.731. The van der Waals surface area contributed by atoms with E-state index in [-0.39, 0.29) is 23.2 Å². The Bertz CT molecular complexity index is 826. The number of alkyl halides is 1. The van der Waals surface area contributed by atoms with Crippen molar-refractivity contribution in [1.82, 2.24) is 0 Å². The molecular weight excluding hydrogens is 427 g/mol. The lowest BCUT2D eigenvalue weighted by atomic mass is 9.68. The zero-order valence-corrected chi connectivity index (χ0v) is 20.9. The first-order chi connectivity index (χ1) is 15.0. The summed E-state index contributed by atoms with van der Waals surface area (Å²) in [5, 5.41) is 10.2. The Labute approximate surface area is 194 Å². The maximum absolute atomic E-state index is 14.3. The lowest BCUT2D eigenvalue weighted by Crippen LogP contribution is -2.48. The van der Waals surface area contributed by atoms with Crippen molar-refractivity contribution in [2.45, 2.75) is 115 Å². The summed E-state index contributed by atoms with van der Waals surface area (Å²) in [6, 6.07) is 0. The Kier molecular flexibility index (Phi) is 9.33. The van der Waals surface area contributed by atoms with E-state index in [1.165, 1.54) is 56.6 Å². The maximum Gasteiger partial charge on any atom is 0.325 e. The number of rotatable bonds is 10. The predicted molar refractivity (Wildman–Crippen MR) is 129 cm³/mol. The van der Waals surface area contributed by atoms with Crippen LogP contribution in [0.1, 0.15) is 104 Å². The van der Waals surface area contributed by atoms with Gasteiger partial charge in [0.2, 0.25) is 0 Å². The Morgan fingerprint density at radius 1 is 1.00 bits per heavy atom. The van der Waals surface area contributed by atoms with E-state index >= 15 is 0 Å². The first kappa shape index (κ1) is 26.8. The van der Waals surface area contributed by atoms with E-state index in [9.17, 15) is 22.7 Å². The summed E-state index contributed by atoms with van der Waals surface area (Å²) in [5.41, 5.74) is -1.57. The minimum atomic E-state index is -4.18. The lowest BCUT2D eigenvalue weighted by Gasteiger charge is -2.40. The summed E-state index contributed by atoms with van der Waals surface area (Å²) < 4.78 is 39.7. The van der Waals surface area contributed by atoms with Crippen molar-refractivity contribution in [3.8, 4) is 0 Å². The molecule has 1 atom stereocenters. The number of halogens is 1. The smallest absolute Gasteiger partial charge is 0.325 e. The average Bonchev–Trinajstić information content (AvgIpc) is 2.89. The largest absolute Gasteiger partial charge is 0.480 e. The number of aliphatic carboxylic acids is 1. The molecule has 0 aromatic carbocycles. The van der Waals surface area contributed by atoms with Crippen LogP contribution in [0.25, 0.3) is 0 Å². The van der Waals surface area contributed by atoms with Crippen LogP contribution in [0.15, 0.2) is 35.3 Å². The number of hydrogen-bond acceptors (Lipinski definition) is 3. The molecule has 6 heteroatoms. The predicted octanol–water partition coefficient (Wildman–Crippen LogP) is 7.07. The summed E-state index contributed by atoms with van der Waals surface area (Å²) in [5.74, 6) is -1.28. The van der Waals surface area contributed by atoms with Crippen molar-refractivity contribution < 1.29 is 22.7 Å². The van der Waals surface area contributed by atoms with E-state index in [2.05, 4.69) is 13.8 Å². The van der Waals surface area contributed by atoms with Crippen LogP contribution >= 0.6 is 0 Å². The molecule has 0 radical (unpaired) electrons. The number of allylic oxidation sites excluding steroid dienone is 5. The number of carboxylic acids is 1. The van der Waals surface area contributed by atoms with Crippen molar-refractivity contribution in [3.05, 3.63) is 35.3 Å². The molecule has 2 aliphatic rings. The standard InChI is InChI=1S/C26H41FO4S/c1-4-6-8-16-25(15-7-5-2)17-10-19-26(23(28)29,20-11-18-25)32(30,31)22-12-9-14-24(3,27)21-13-22/h9,12-14,21H,4-8,10-11,15-20H2,1-3H3,(H,28,29). The first-order valence-corrected chi connectivity index (χ1v) is 13.8. The van der Waals surface area contributed by atoms with Gasteiger partial charge in [0.05, 0.1) is 4.91 Å². The molecule has 0 spiro atoms. The lowest BCUT2D eigenvalue weighted by molar-refractivity contribution is -0.140. The molecule has 32 heavy (non-hydrogen) atoms. The third-order valence-electron chi connectivity index (χ3n) is 7.42. The number of sulfone groups is 1. The third kappa shape index (κ3) is 6.12. The summed E-state index contributed by atoms with van der Waals surface area (Å²) in [6.45, 7) is 5.72. The van der Waals surface area contributed by atoms with Gasteiger partial charge in [0.15, 0.2) is 14.6 Å². The van der Waals surface area contributed by atoms with Crippen LogP contribution in [0.4, 0.5) is 4.39 Å². The highest BCUT2D eigenvalue weighted by molar-refractivity contribution is 7.97. The van der Waals surface area contributed by atoms with Crippen LogP contribution in [0, 0.1) is 5.41 Å². The van der Waals surface area contributed by atoms with Crippen molar-refractivity contribution in [1.29, 1.82) is 0 Å². The van der Waals surface area contributed by atoms with Crippen LogP contribution in [-0.2, 0) is 14.6 Å². The topological polar surface area (TPSA) is 71.4 Å². The van der Waals surface area contributed by atoms with Crippen LogP contribution < -0.4 is 0 Å². The molecule has 4 nitrogen and oxygen atoms in total. The van der Waals surface area contributed by atoms with E-state index in [0.717, 1.165) is 38.5 Å². The van der Waals surface area contributed by atoms with Crippen LogP contribution in [0.5, 0.6) is 0 Å². The molecule has 0 saturated heterocycles. The SMILES string of the molecule is CCCCCC1(CCCC)CCCC(C(=O)O)(S(=O)(=O)C2=CC=CC(C)(F)C=C2)CCC1. The molecule has 1 fully saturated rings. The van der Waals surface area contributed by atoms with Crippen LogP contribution in [-0.4, -0.2) is 29.9 Å². The second kappa shape index (κ2) is 11.1. The fourth-order valence-corrected chi connectivity index (χ4v) is 7.38. The van der Waals surface area contributed by atoms with E-state index < -0.39 is 26.2 Å². The number of carbonyl (C=O) groups is 1. The van der Waals surface area contributed by atoms with Gasteiger partial charge >= 0.3 is 5.97 Å². The molecule has 2 aliphatic carbocycles. The van der Waals surface area contributed by atoms with E-state index in [1.807, 2.05) is 0 Å². The second-order valence-corrected chi connectivity index (χ2v) is 12.2. The third-order valence-corrected chi connectivity index (χ3v) is 9.92. The fourth-order valence-electron chi connectivity index (χ4n) is 5.36. The minimum Gasteiger partial charge on any atom is -0.480 e. The summed E-state index contributed by atoms with van der Waals surface area (Å²) >= 11 is 0. The normalized spacial score (nSPS) is 31.4. The molecule has 0 aromatic heterocycles. The molecular formula is C26H41FO4S. The van der Waals surface area contributed by atoms with E-state index in [4.69, 9.17) is 0 Å². The summed E-state index contributed by atoms with van der Waals surface area (Å²) in [4.78, 5) is 12.4. The minimum absolute atomic E-state index is 0.105. The van der Waals surface area contributed by atoms with Gasteiger partial charge in [0, 0.05) is 0 Å². The Balaban J connectivity index is 2.30. The van der Waals surface area contributed by atoms with Gasteiger partial charge < -0.3 is 5.11 Å². The number of carboxylic acid groups (broad SMARTS) is 1. The van der Waals surface area contributed by atoms with Gasteiger partial charge in [-0.05, 0) is 75.2 Å². The molecule has 2 rings (SSSR count). The molecule has 0 bridgehead atoms. The van der Waals surface area contributed by atoms with Gasteiger partial charge in [-0.25, -0.2) is 12.8 Å². The van der Waals surface area contributed by atoms with Gasteiger partial charge in [0.25, 0.3) is 0 Å². The summed E-state index contributed by atoms with van der Waals surface area (Å²) in [7, 11) is -4.18. The van der Waals surface area contributed by atoms with Crippen LogP contribution in [0.3, 0.4) is 0 Å². The van der Waals surface area contributed by atoms with Gasteiger partial charge in [-0.2, -0.15) is 0 Å². The average molecular weight is 469 g/mol. The quantitative estimate of drug-likeness (QED) is 0.348. The Morgan fingerprint density at radius 2 is 1.59 bits per heavy atom. The van der Waals surface area contributed by atoms with Crippen LogP contribution in [0.2, 0.25) is 0 Å². The molecule has 0 aromatic rings. The zero-order valence-electron chi connectivity index (χ0n) is 20.0. The van der Waals surface area contributed by atoms with Gasteiger partial charge in [-0.3, -0.25) is 4.79 Å². The van der Waals surface area contributed by atoms with Crippen molar-refractivity contribution in [2.75, 3.05) is 0 Å². The maximum atomic E-state index is 14.3. The van der Waals surface area contributed by atoms with Crippen molar-refractivity contribution in [3.63, 3.8) is 0 Å². The molecule has 1 unspecified atom stereocenters. The monoisotopic (exact) mass is 468 g/mol. The number of unbranched alkanes of at least 4 members (excludes halogenated alkanes) is 3. The van der Waals surface area contributed by atoms with E-state index in [0.29, 0.717) is 12.8 Å². The molecule has 0 heterocycles. The van der Waals surface area contributed by atoms with Gasteiger partial charge in [-0.15, -0.1) is 0 Å². The van der Waals surface area contributed by atoms with Gasteiger partial charge in [-0.1, -0.05) is 64.9 Å². The first-order valence-electron chi connectivity index (χ1n) is 12.3. The van der Waals surface area contributed by atoms with Crippen molar-refractivity contribution >= 4 is 15.8 Å². The van der Waals surface area contributed by atoms with E-state index in [1.54, 1.807) is 0 Å². The highest BCUT2D eigenvalue weighted by Gasteiger charge is 2.52. The molecule has 1 saturated carbocycles. The van der Waals surface area contributed by atoms with Gasteiger partial charge in [0.1, 0.15) is 5.67 Å². The molecule has 0 aliphatic heterocycles. The summed E-state index contributed by atoms with van der Waals surface area (Å²) in [6.07, 6.45) is 17.6. The molecule has 0 amide bonds. The highest BCUT2D eigenvalue weighted by Crippen LogP contribution is 2.47.